The van der Waals surface area contributed by atoms with Crippen LogP contribution in [0.3, 0.4) is 0 Å². The fraction of sp³-hybridized carbons (Fsp3) is 1.00. The van der Waals surface area contributed by atoms with Gasteiger partial charge >= 0.3 is 0 Å². The summed E-state index contributed by atoms with van der Waals surface area (Å²) in [4.78, 5) is 0. The first-order chi connectivity index (χ1) is 6.31. The maximum absolute atomic E-state index is 6.30. The van der Waals surface area contributed by atoms with E-state index in [4.69, 9.17) is 5.73 Å². The maximum atomic E-state index is 6.30. The Morgan fingerprint density at radius 3 is 2.38 bits per heavy atom. The van der Waals surface area contributed by atoms with E-state index < -0.39 is 0 Å². The van der Waals surface area contributed by atoms with Crippen molar-refractivity contribution in [1.82, 2.24) is 0 Å². The van der Waals surface area contributed by atoms with Crippen LogP contribution in [0.5, 0.6) is 0 Å². The summed E-state index contributed by atoms with van der Waals surface area (Å²) in [7, 11) is 0. The number of hydrogen-bond acceptors (Lipinski definition) is 1. The van der Waals surface area contributed by atoms with Gasteiger partial charge in [0.25, 0.3) is 0 Å². The van der Waals surface area contributed by atoms with Gasteiger partial charge in [0.2, 0.25) is 0 Å². The molecule has 2 saturated carbocycles. The molecule has 0 aromatic heterocycles. The largest absolute Gasteiger partial charge is 0.327 e. The second-order valence-corrected chi connectivity index (χ2v) is 5.12. The Morgan fingerprint density at radius 2 is 1.92 bits per heavy atom. The van der Waals surface area contributed by atoms with E-state index in [1.807, 2.05) is 0 Å². The molecule has 1 heteroatoms. The molecule has 0 aromatic rings. The van der Waals surface area contributed by atoms with Gasteiger partial charge in [-0.3, -0.25) is 0 Å². The van der Waals surface area contributed by atoms with Crippen LogP contribution in [0.4, 0.5) is 0 Å². The van der Waals surface area contributed by atoms with Crippen LogP contribution in [-0.4, -0.2) is 6.04 Å². The van der Waals surface area contributed by atoms with Crippen molar-refractivity contribution in [2.45, 2.75) is 57.9 Å². The van der Waals surface area contributed by atoms with Crippen LogP contribution in [0.2, 0.25) is 0 Å². The first kappa shape index (κ1) is 9.51. The lowest BCUT2D eigenvalue weighted by Gasteiger charge is -2.34. The molecule has 3 atom stereocenters. The average molecular weight is 181 g/mol. The van der Waals surface area contributed by atoms with E-state index in [0.29, 0.717) is 6.04 Å². The topological polar surface area (TPSA) is 26.0 Å². The lowest BCUT2D eigenvalue weighted by atomic mass is 9.75. The molecule has 0 amide bonds. The second kappa shape index (κ2) is 4.00. The summed E-state index contributed by atoms with van der Waals surface area (Å²) >= 11 is 0. The van der Waals surface area contributed by atoms with E-state index in [1.165, 1.54) is 44.9 Å². The van der Waals surface area contributed by atoms with Crippen LogP contribution in [0.1, 0.15) is 51.9 Å². The Bertz CT molecular complexity index is 163. The van der Waals surface area contributed by atoms with E-state index >= 15 is 0 Å². The first-order valence-corrected chi connectivity index (χ1v) is 6.06. The molecule has 0 radical (unpaired) electrons. The fourth-order valence-corrected chi connectivity index (χ4v) is 3.04. The highest BCUT2D eigenvalue weighted by atomic mass is 14.7. The molecule has 0 aliphatic heterocycles. The van der Waals surface area contributed by atoms with Crippen molar-refractivity contribution in [3.8, 4) is 0 Å². The Balaban J connectivity index is 1.80. The smallest absolute Gasteiger partial charge is 0.00957 e. The van der Waals surface area contributed by atoms with Gasteiger partial charge in [0.05, 0.1) is 0 Å². The minimum absolute atomic E-state index is 0.547. The fourth-order valence-electron chi connectivity index (χ4n) is 3.04. The van der Waals surface area contributed by atoms with Gasteiger partial charge in [0.1, 0.15) is 0 Å². The van der Waals surface area contributed by atoms with Gasteiger partial charge in [-0.2, -0.15) is 0 Å². The zero-order chi connectivity index (χ0) is 9.26. The minimum atomic E-state index is 0.547. The van der Waals surface area contributed by atoms with Crippen LogP contribution in [0.25, 0.3) is 0 Å². The second-order valence-electron chi connectivity index (χ2n) is 5.12. The third kappa shape index (κ3) is 1.90. The van der Waals surface area contributed by atoms with E-state index in [1.54, 1.807) is 0 Å². The molecular formula is C12H23N. The lowest BCUT2D eigenvalue weighted by Crippen LogP contribution is -2.40. The van der Waals surface area contributed by atoms with Crippen LogP contribution >= 0.6 is 0 Å². The summed E-state index contributed by atoms with van der Waals surface area (Å²) in [5, 5.41) is 0. The van der Waals surface area contributed by atoms with Crippen molar-refractivity contribution in [1.29, 1.82) is 0 Å². The Morgan fingerprint density at radius 1 is 1.15 bits per heavy atom. The number of rotatable bonds is 3. The average Bonchev–Trinajstić information content (AvgIpc) is 2.48. The molecular weight excluding hydrogens is 158 g/mol. The summed E-state index contributed by atoms with van der Waals surface area (Å²) in [5.74, 6) is 2.76. The quantitative estimate of drug-likeness (QED) is 0.711. The van der Waals surface area contributed by atoms with Crippen LogP contribution in [0, 0.1) is 17.8 Å². The molecule has 2 aliphatic rings. The highest BCUT2D eigenvalue weighted by Crippen LogP contribution is 2.40. The summed E-state index contributed by atoms with van der Waals surface area (Å²) in [6, 6.07) is 0.547. The molecule has 2 rings (SSSR count). The zero-order valence-corrected chi connectivity index (χ0v) is 8.84. The Labute approximate surface area is 82.1 Å². The van der Waals surface area contributed by atoms with Gasteiger partial charge in [0.15, 0.2) is 0 Å². The summed E-state index contributed by atoms with van der Waals surface area (Å²) < 4.78 is 0. The van der Waals surface area contributed by atoms with Crippen molar-refractivity contribution in [3.05, 3.63) is 0 Å². The first-order valence-electron chi connectivity index (χ1n) is 6.06. The number of nitrogens with two attached hydrogens (primary N) is 1. The van der Waals surface area contributed by atoms with E-state index in [-0.39, 0.29) is 0 Å². The standard InChI is InChI=1S/C12H23N/c1-2-9-6-7-11(8-9)12(13)10-4-3-5-10/h9-12H,2-8,13H2,1H3. The molecule has 0 saturated heterocycles. The van der Waals surface area contributed by atoms with Crippen molar-refractivity contribution in [2.24, 2.45) is 23.5 Å². The molecule has 0 aromatic carbocycles. The molecule has 2 fully saturated rings. The van der Waals surface area contributed by atoms with Crippen LogP contribution < -0.4 is 5.73 Å². The predicted molar refractivity (Wildman–Crippen MR) is 56.4 cm³/mol. The molecule has 1 nitrogen and oxygen atoms in total. The molecule has 2 aliphatic carbocycles. The molecule has 0 bridgehead atoms. The normalized spacial score (nSPS) is 37.4. The van der Waals surface area contributed by atoms with Crippen molar-refractivity contribution < 1.29 is 0 Å². The van der Waals surface area contributed by atoms with E-state index in [0.717, 1.165) is 17.8 Å². The highest BCUT2D eigenvalue weighted by molar-refractivity contribution is 4.89. The highest BCUT2D eigenvalue weighted by Gasteiger charge is 2.34. The van der Waals surface area contributed by atoms with Gasteiger partial charge in [-0.1, -0.05) is 26.2 Å². The van der Waals surface area contributed by atoms with Crippen molar-refractivity contribution in [3.63, 3.8) is 0 Å². The monoisotopic (exact) mass is 181 g/mol. The van der Waals surface area contributed by atoms with Gasteiger partial charge in [-0.05, 0) is 43.4 Å². The number of hydrogen-bond donors (Lipinski definition) is 1. The lowest BCUT2D eigenvalue weighted by molar-refractivity contribution is 0.206. The molecule has 3 unspecified atom stereocenters. The van der Waals surface area contributed by atoms with Gasteiger partial charge < -0.3 is 5.73 Å². The van der Waals surface area contributed by atoms with Gasteiger partial charge in [-0.25, -0.2) is 0 Å². The maximum Gasteiger partial charge on any atom is 0.00957 e. The molecule has 0 heterocycles. The third-order valence-electron chi connectivity index (χ3n) is 4.40. The van der Waals surface area contributed by atoms with Crippen molar-refractivity contribution in [2.75, 3.05) is 0 Å². The van der Waals surface area contributed by atoms with Gasteiger partial charge in [0, 0.05) is 6.04 Å². The molecule has 2 N–H and O–H groups in total. The predicted octanol–water partition coefficient (Wildman–Crippen LogP) is 2.94. The summed E-state index contributed by atoms with van der Waals surface area (Å²) in [5.41, 5.74) is 6.30. The Kier molecular flexibility index (Phi) is 2.92. The molecule has 13 heavy (non-hydrogen) atoms. The minimum Gasteiger partial charge on any atom is -0.327 e. The molecule has 0 spiro atoms. The molecule has 76 valence electrons. The van der Waals surface area contributed by atoms with Crippen LogP contribution in [-0.2, 0) is 0 Å². The van der Waals surface area contributed by atoms with Crippen molar-refractivity contribution >= 4 is 0 Å². The SMILES string of the molecule is CCC1CCC(C(N)C2CCC2)C1. The third-order valence-corrected chi connectivity index (χ3v) is 4.40. The van der Waals surface area contributed by atoms with E-state index in [2.05, 4.69) is 6.92 Å². The summed E-state index contributed by atoms with van der Waals surface area (Å²) in [6.45, 7) is 2.32. The van der Waals surface area contributed by atoms with E-state index in [9.17, 15) is 0 Å². The Hall–Kier alpha value is -0.0400. The zero-order valence-electron chi connectivity index (χ0n) is 8.84. The van der Waals surface area contributed by atoms with Crippen LogP contribution in [0.15, 0.2) is 0 Å². The van der Waals surface area contributed by atoms with Gasteiger partial charge in [-0.15, -0.1) is 0 Å². The summed E-state index contributed by atoms with van der Waals surface area (Å²) in [6.07, 6.45) is 9.91.